The van der Waals surface area contributed by atoms with Gasteiger partial charge in [-0.1, -0.05) is 6.92 Å². The van der Waals surface area contributed by atoms with Crippen LogP contribution in [0.1, 0.15) is 37.0 Å². The van der Waals surface area contributed by atoms with E-state index >= 15 is 0 Å². The Kier molecular flexibility index (Phi) is 8.02. The molecule has 0 radical (unpaired) electrons. The molecule has 0 aromatic heterocycles. The van der Waals surface area contributed by atoms with E-state index in [1.165, 1.54) is 12.1 Å². The van der Waals surface area contributed by atoms with E-state index in [1.54, 1.807) is 12.1 Å². The molecule has 0 spiro atoms. The molecule has 1 aromatic carbocycles. The van der Waals surface area contributed by atoms with Gasteiger partial charge in [-0.25, -0.2) is 13.1 Å². The molecule has 0 aliphatic carbocycles. The van der Waals surface area contributed by atoms with Crippen LogP contribution in [-0.4, -0.2) is 64.7 Å². The monoisotopic (exact) mass is 383 g/mol. The Hall–Kier alpha value is -1.48. The van der Waals surface area contributed by atoms with Crippen LogP contribution in [0.25, 0.3) is 0 Å². The molecule has 1 aliphatic rings. The zero-order chi connectivity index (χ0) is 19.0. The summed E-state index contributed by atoms with van der Waals surface area (Å²) in [6.45, 7) is 8.67. The molecule has 1 fully saturated rings. The van der Waals surface area contributed by atoms with E-state index in [-0.39, 0.29) is 16.8 Å². The highest BCUT2D eigenvalue weighted by Gasteiger charge is 2.17. The molecule has 8 heteroatoms. The summed E-state index contributed by atoms with van der Waals surface area (Å²) in [5.74, 6) is -0.189. The molecular formula is C18H29N3O4S. The van der Waals surface area contributed by atoms with Crippen molar-refractivity contribution in [2.24, 2.45) is 0 Å². The molecule has 7 nitrogen and oxygen atoms in total. The molecule has 1 atom stereocenters. The minimum Gasteiger partial charge on any atom is -0.379 e. The lowest BCUT2D eigenvalue weighted by atomic mass is 10.2. The van der Waals surface area contributed by atoms with Crippen molar-refractivity contribution in [1.82, 2.24) is 14.9 Å². The number of morpholine rings is 1. The predicted molar refractivity (Wildman–Crippen MR) is 101 cm³/mol. The van der Waals surface area contributed by atoms with E-state index in [0.29, 0.717) is 18.5 Å². The quantitative estimate of drug-likeness (QED) is 0.626. The first-order valence-electron chi connectivity index (χ1n) is 9.13. The molecule has 2 rings (SSSR count). The Bertz CT molecular complexity index is 670. The van der Waals surface area contributed by atoms with Gasteiger partial charge in [0, 0.05) is 31.2 Å². The molecule has 26 heavy (non-hydrogen) atoms. The number of carbonyl (C=O) groups is 1. The van der Waals surface area contributed by atoms with Gasteiger partial charge in [-0.2, -0.15) is 0 Å². The number of nitrogens with one attached hydrogen (secondary N) is 2. The number of hydrogen-bond donors (Lipinski definition) is 2. The Morgan fingerprint density at radius 3 is 2.50 bits per heavy atom. The second-order valence-electron chi connectivity index (χ2n) is 6.52. The van der Waals surface area contributed by atoms with E-state index in [1.807, 2.05) is 13.8 Å². The number of nitrogens with zero attached hydrogens (tertiary/aromatic N) is 1. The molecule has 0 saturated carbocycles. The lowest BCUT2D eigenvalue weighted by Gasteiger charge is -2.26. The van der Waals surface area contributed by atoms with Gasteiger partial charge in [0.05, 0.1) is 18.1 Å². The van der Waals surface area contributed by atoms with Crippen molar-refractivity contribution in [3.8, 4) is 0 Å². The van der Waals surface area contributed by atoms with Crippen LogP contribution in [0.2, 0.25) is 0 Å². The first-order valence-corrected chi connectivity index (χ1v) is 10.6. The number of carbonyl (C=O) groups excluding carboxylic acids is 1. The maximum absolute atomic E-state index is 12.2. The predicted octanol–water partition coefficient (Wildman–Crippen LogP) is 1.22. The molecule has 1 amide bonds. The van der Waals surface area contributed by atoms with Crippen molar-refractivity contribution in [2.75, 3.05) is 39.4 Å². The van der Waals surface area contributed by atoms with Crippen molar-refractivity contribution in [3.05, 3.63) is 29.8 Å². The van der Waals surface area contributed by atoms with E-state index in [4.69, 9.17) is 4.74 Å². The fourth-order valence-corrected chi connectivity index (χ4v) is 3.96. The summed E-state index contributed by atoms with van der Waals surface area (Å²) in [4.78, 5) is 14.7. The van der Waals surface area contributed by atoms with Gasteiger partial charge < -0.3 is 10.1 Å². The van der Waals surface area contributed by atoms with Gasteiger partial charge >= 0.3 is 0 Å². The lowest BCUT2D eigenvalue weighted by Crippen LogP contribution is -2.38. The summed E-state index contributed by atoms with van der Waals surface area (Å²) in [5.41, 5.74) is 0.457. The van der Waals surface area contributed by atoms with Crippen molar-refractivity contribution in [3.63, 3.8) is 0 Å². The number of rotatable bonds is 9. The van der Waals surface area contributed by atoms with Gasteiger partial charge in [-0.05, 0) is 50.6 Å². The van der Waals surface area contributed by atoms with E-state index in [9.17, 15) is 13.2 Å². The average Bonchev–Trinajstić information content (AvgIpc) is 2.65. The fraction of sp³-hybridized carbons (Fsp3) is 0.611. The highest BCUT2D eigenvalue weighted by atomic mass is 32.2. The molecule has 146 valence electrons. The fourth-order valence-electron chi connectivity index (χ4n) is 2.63. The van der Waals surface area contributed by atoms with Gasteiger partial charge in [0.2, 0.25) is 10.0 Å². The molecule has 1 aliphatic heterocycles. The molecule has 1 unspecified atom stereocenters. The van der Waals surface area contributed by atoms with Crippen LogP contribution >= 0.6 is 0 Å². The third kappa shape index (κ3) is 6.35. The van der Waals surface area contributed by atoms with Gasteiger partial charge in [-0.15, -0.1) is 0 Å². The SMILES string of the molecule is CCC(C)NS(=O)(=O)c1ccc(C(=O)NCCCN2CCOCC2)cc1. The first-order chi connectivity index (χ1) is 12.4. The maximum Gasteiger partial charge on any atom is 0.251 e. The standard InChI is InChI=1S/C18H29N3O4S/c1-3-15(2)20-26(23,24)17-7-5-16(6-8-17)18(22)19-9-4-10-21-11-13-25-14-12-21/h5-8,15,20H,3-4,9-14H2,1-2H3,(H,19,22). The topological polar surface area (TPSA) is 87.7 Å². The third-order valence-corrected chi connectivity index (χ3v) is 6.04. The van der Waals surface area contributed by atoms with E-state index in [0.717, 1.165) is 39.3 Å². The summed E-state index contributed by atoms with van der Waals surface area (Å²) in [7, 11) is -3.54. The summed E-state index contributed by atoms with van der Waals surface area (Å²) >= 11 is 0. The Labute approximate surface area is 156 Å². The minimum atomic E-state index is -3.54. The zero-order valence-electron chi connectivity index (χ0n) is 15.5. The van der Waals surface area contributed by atoms with Crippen LogP contribution in [0.4, 0.5) is 0 Å². The normalized spacial score (nSPS) is 17.0. The van der Waals surface area contributed by atoms with E-state index < -0.39 is 10.0 Å². The summed E-state index contributed by atoms with van der Waals surface area (Å²) in [6.07, 6.45) is 1.58. The van der Waals surface area contributed by atoms with Crippen LogP contribution in [0.15, 0.2) is 29.2 Å². The molecule has 1 aromatic rings. The Balaban J connectivity index is 1.80. The number of sulfonamides is 1. The van der Waals surface area contributed by atoms with E-state index in [2.05, 4.69) is 14.9 Å². The van der Waals surface area contributed by atoms with Crippen LogP contribution < -0.4 is 10.0 Å². The second kappa shape index (κ2) is 10.0. The smallest absolute Gasteiger partial charge is 0.251 e. The van der Waals surface area contributed by atoms with Crippen LogP contribution in [-0.2, 0) is 14.8 Å². The maximum atomic E-state index is 12.2. The number of benzene rings is 1. The van der Waals surface area contributed by atoms with Gasteiger partial charge in [-0.3, -0.25) is 9.69 Å². The summed E-state index contributed by atoms with van der Waals surface area (Å²) in [6, 6.07) is 5.89. The molecule has 0 bridgehead atoms. The van der Waals surface area contributed by atoms with Crippen LogP contribution in [0.5, 0.6) is 0 Å². The van der Waals surface area contributed by atoms with Gasteiger partial charge in [0.1, 0.15) is 0 Å². The summed E-state index contributed by atoms with van der Waals surface area (Å²) in [5, 5.41) is 2.88. The molecule has 1 saturated heterocycles. The zero-order valence-corrected chi connectivity index (χ0v) is 16.3. The molecular weight excluding hydrogens is 354 g/mol. The average molecular weight is 384 g/mol. The lowest BCUT2D eigenvalue weighted by molar-refractivity contribution is 0.0374. The van der Waals surface area contributed by atoms with Crippen molar-refractivity contribution < 1.29 is 17.9 Å². The highest BCUT2D eigenvalue weighted by molar-refractivity contribution is 7.89. The number of hydrogen-bond acceptors (Lipinski definition) is 5. The Morgan fingerprint density at radius 1 is 1.23 bits per heavy atom. The first kappa shape index (κ1) is 20.8. The largest absolute Gasteiger partial charge is 0.379 e. The molecule has 2 N–H and O–H groups in total. The van der Waals surface area contributed by atoms with Gasteiger partial charge in [0.15, 0.2) is 0 Å². The summed E-state index contributed by atoms with van der Waals surface area (Å²) < 4.78 is 32.3. The highest BCUT2D eigenvalue weighted by Crippen LogP contribution is 2.12. The minimum absolute atomic E-state index is 0.130. The number of ether oxygens (including phenoxy) is 1. The van der Waals surface area contributed by atoms with Crippen molar-refractivity contribution >= 4 is 15.9 Å². The second-order valence-corrected chi connectivity index (χ2v) is 8.23. The van der Waals surface area contributed by atoms with Gasteiger partial charge in [0.25, 0.3) is 5.91 Å². The van der Waals surface area contributed by atoms with Crippen LogP contribution in [0, 0.1) is 0 Å². The Morgan fingerprint density at radius 2 is 1.88 bits per heavy atom. The third-order valence-electron chi connectivity index (χ3n) is 4.44. The van der Waals surface area contributed by atoms with Crippen molar-refractivity contribution in [2.45, 2.75) is 37.6 Å². The number of amides is 1. The van der Waals surface area contributed by atoms with Crippen LogP contribution in [0.3, 0.4) is 0 Å². The molecule has 1 heterocycles. The van der Waals surface area contributed by atoms with Crippen molar-refractivity contribution in [1.29, 1.82) is 0 Å².